The molecule has 0 aromatic carbocycles. The van der Waals surface area contributed by atoms with Gasteiger partial charge >= 0.3 is 5.97 Å². The van der Waals surface area contributed by atoms with E-state index in [9.17, 15) is 9.90 Å². The lowest BCUT2D eigenvalue weighted by atomic mass is 9.86. The number of hydrogen-bond acceptors (Lipinski definition) is 4. The average molecular weight is 229 g/mol. The second kappa shape index (κ2) is 4.69. The summed E-state index contributed by atoms with van der Waals surface area (Å²) >= 11 is 0. The molecule has 0 aromatic heterocycles. The van der Waals surface area contributed by atoms with Gasteiger partial charge in [-0.3, -0.25) is 9.69 Å². The maximum absolute atomic E-state index is 11.4. The summed E-state index contributed by atoms with van der Waals surface area (Å²) < 4.78 is 10.6. The molecule has 0 radical (unpaired) electrons. The molecule has 2 rings (SSSR count). The summed E-state index contributed by atoms with van der Waals surface area (Å²) in [5.41, 5.74) is -0.703. The predicted molar refractivity (Wildman–Crippen MR) is 57.4 cm³/mol. The molecule has 92 valence electrons. The number of hydrogen-bond donors (Lipinski definition) is 1. The van der Waals surface area contributed by atoms with Crippen molar-refractivity contribution in [1.29, 1.82) is 0 Å². The highest BCUT2D eigenvalue weighted by Gasteiger charge is 2.44. The van der Waals surface area contributed by atoms with Crippen molar-refractivity contribution < 1.29 is 19.4 Å². The molecule has 0 bridgehead atoms. The van der Waals surface area contributed by atoms with Gasteiger partial charge in [0.2, 0.25) is 0 Å². The van der Waals surface area contributed by atoms with Crippen LogP contribution in [-0.2, 0) is 14.3 Å². The fourth-order valence-electron chi connectivity index (χ4n) is 2.35. The van der Waals surface area contributed by atoms with Crippen LogP contribution in [0.5, 0.6) is 0 Å². The van der Waals surface area contributed by atoms with Crippen molar-refractivity contribution in [2.75, 3.05) is 39.5 Å². The van der Waals surface area contributed by atoms with Gasteiger partial charge in [0.05, 0.1) is 19.8 Å². The van der Waals surface area contributed by atoms with E-state index in [0.717, 1.165) is 6.54 Å². The van der Waals surface area contributed by atoms with Crippen molar-refractivity contribution in [3.05, 3.63) is 0 Å². The number of rotatable bonds is 3. The topological polar surface area (TPSA) is 59.0 Å². The minimum Gasteiger partial charge on any atom is -0.481 e. The van der Waals surface area contributed by atoms with Crippen LogP contribution in [0.25, 0.3) is 0 Å². The van der Waals surface area contributed by atoms with E-state index in [0.29, 0.717) is 45.4 Å². The third kappa shape index (κ3) is 2.21. The molecule has 2 heterocycles. The number of ether oxygens (including phenoxy) is 2. The summed E-state index contributed by atoms with van der Waals surface area (Å²) in [7, 11) is 0. The first-order valence-corrected chi connectivity index (χ1v) is 5.77. The van der Waals surface area contributed by atoms with E-state index in [-0.39, 0.29) is 0 Å². The van der Waals surface area contributed by atoms with Gasteiger partial charge in [0, 0.05) is 25.7 Å². The minimum atomic E-state index is -0.733. The Morgan fingerprint density at radius 3 is 2.88 bits per heavy atom. The Bertz CT molecular complexity index is 263. The minimum absolute atomic E-state index is 0.297. The molecular weight excluding hydrogens is 210 g/mol. The van der Waals surface area contributed by atoms with Crippen molar-refractivity contribution in [3.63, 3.8) is 0 Å². The Kier molecular flexibility index (Phi) is 3.47. The van der Waals surface area contributed by atoms with Crippen LogP contribution in [0.2, 0.25) is 0 Å². The summed E-state index contributed by atoms with van der Waals surface area (Å²) in [5, 5.41) is 9.34. The van der Waals surface area contributed by atoms with Gasteiger partial charge in [-0.25, -0.2) is 0 Å². The van der Waals surface area contributed by atoms with Gasteiger partial charge in [-0.05, 0) is 13.3 Å². The third-order valence-electron chi connectivity index (χ3n) is 3.57. The van der Waals surface area contributed by atoms with Crippen LogP contribution in [0.4, 0.5) is 0 Å². The van der Waals surface area contributed by atoms with Gasteiger partial charge in [0.15, 0.2) is 0 Å². The van der Waals surface area contributed by atoms with Crippen molar-refractivity contribution in [2.45, 2.75) is 19.4 Å². The molecule has 0 saturated carbocycles. The summed E-state index contributed by atoms with van der Waals surface area (Å²) in [4.78, 5) is 13.6. The zero-order valence-electron chi connectivity index (χ0n) is 9.65. The van der Waals surface area contributed by atoms with Crippen LogP contribution in [0.15, 0.2) is 0 Å². The number of aliphatic carboxylic acids is 1. The second-order valence-electron chi connectivity index (χ2n) is 4.78. The molecule has 2 fully saturated rings. The van der Waals surface area contributed by atoms with Crippen LogP contribution in [-0.4, -0.2) is 61.5 Å². The highest BCUT2D eigenvalue weighted by Crippen LogP contribution is 2.31. The van der Waals surface area contributed by atoms with Crippen molar-refractivity contribution >= 4 is 5.97 Å². The van der Waals surface area contributed by atoms with E-state index in [4.69, 9.17) is 9.47 Å². The molecule has 0 aromatic rings. The first kappa shape index (κ1) is 11.8. The highest BCUT2D eigenvalue weighted by molar-refractivity contribution is 5.75. The summed E-state index contributed by atoms with van der Waals surface area (Å²) in [6.45, 7) is 5.75. The van der Waals surface area contributed by atoms with Crippen LogP contribution >= 0.6 is 0 Å². The Hall–Kier alpha value is -0.650. The van der Waals surface area contributed by atoms with Crippen LogP contribution in [0.1, 0.15) is 13.3 Å². The lowest BCUT2D eigenvalue weighted by Crippen LogP contribution is -2.51. The van der Waals surface area contributed by atoms with E-state index < -0.39 is 11.4 Å². The number of nitrogens with zero attached hydrogens (tertiary/aromatic N) is 1. The van der Waals surface area contributed by atoms with E-state index in [1.807, 2.05) is 0 Å². The Labute approximate surface area is 95.3 Å². The number of carboxylic acid groups (broad SMARTS) is 1. The molecule has 1 N–H and O–H groups in total. The van der Waals surface area contributed by atoms with Crippen LogP contribution < -0.4 is 0 Å². The Balaban J connectivity index is 2.02. The lowest BCUT2D eigenvalue weighted by molar-refractivity contribution is -0.151. The van der Waals surface area contributed by atoms with E-state index >= 15 is 0 Å². The third-order valence-corrected chi connectivity index (χ3v) is 3.57. The summed E-state index contributed by atoms with van der Waals surface area (Å²) in [6, 6.07) is 0.297. The van der Waals surface area contributed by atoms with Crippen molar-refractivity contribution in [3.8, 4) is 0 Å². The van der Waals surface area contributed by atoms with Gasteiger partial charge in [0.25, 0.3) is 0 Å². The first-order chi connectivity index (χ1) is 7.64. The maximum atomic E-state index is 11.4. The van der Waals surface area contributed by atoms with Crippen LogP contribution in [0.3, 0.4) is 0 Å². The smallest absolute Gasteiger partial charge is 0.313 e. The van der Waals surface area contributed by atoms with Gasteiger partial charge < -0.3 is 14.6 Å². The van der Waals surface area contributed by atoms with E-state index in [1.165, 1.54) is 0 Å². The maximum Gasteiger partial charge on any atom is 0.313 e. The number of carboxylic acids is 1. The molecule has 2 aliphatic heterocycles. The molecule has 0 spiro atoms. The normalized spacial score (nSPS) is 36.4. The molecule has 2 atom stereocenters. The molecular formula is C11H19NO4. The fourth-order valence-corrected chi connectivity index (χ4v) is 2.35. The standard InChI is InChI=1S/C11H19NO4/c1-9-6-15-5-3-12(9)7-11(10(13)14)2-4-16-8-11/h9H,2-8H2,1H3,(H,13,14). The molecule has 5 heteroatoms. The Morgan fingerprint density at radius 1 is 1.50 bits per heavy atom. The average Bonchev–Trinajstić information content (AvgIpc) is 2.71. The zero-order valence-corrected chi connectivity index (χ0v) is 9.65. The van der Waals surface area contributed by atoms with E-state index in [1.54, 1.807) is 0 Å². The molecule has 2 unspecified atom stereocenters. The largest absolute Gasteiger partial charge is 0.481 e. The van der Waals surface area contributed by atoms with Gasteiger partial charge in [0.1, 0.15) is 5.41 Å². The fraction of sp³-hybridized carbons (Fsp3) is 0.909. The summed E-state index contributed by atoms with van der Waals surface area (Å²) in [6.07, 6.45) is 0.617. The zero-order chi connectivity index (χ0) is 11.6. The molecule has 5 nitrogen and oxygen atoms in total. The molecule has 0 amide bonds. The molecule has 2 aliphatic rings. The lowest BCUT2D eigenvalue weighted by Gasteiger charge is -2.37. The highest BCUT2D eigenvalue weighted by atomic mass is 16.5. The Morgan fingerprint density at radius 2 is 2.31 bits per heavy atom. The predicted octanol–water partition coefficient (Wildman–Crippen LogP) is 0.198. The number of morpholine rings is 1. The molecule has 0 aliphatic carbocycles. The summed E-state index contributed by atoms with van der Waals surface area (Å²) in [5.74, 6) is -0.733. The van der Waals surface area contributed by atoms with Gasteiger partial charge in [-0.15, -0.1) is 0 Å². The van der Waals surface area contributed by atoms with Crippen molar-refractivity contribution in [2.24, 2.45) is 5.41 Å². The number of carbonyl (C=O) groups is 1. The SMILES string of the molecule is CC1COCCN1CC1(C(=O)O)CCOC1. The first-order valence-electron chi connectivity index (χ1n) is 5.77. The quantitative estimate of drug-likeness (QED) is 0.749. The van der Waals surface area contributed by atoms with Crippen LogP contribution in [0, 0.1) is 5.41 Å². The van der Waals surface area contributed by atoms with Crippen molar-refractivity contribution in [1.82, 2.24) is 4.90 Å². The molecule has 16 heavy (non-hydrogen) atoms. The second-order valence-corrected chi connectivity index (χ2v) is 4.78. The molecule has 2 saturated heterocycles. The van der Waals surface area contributed by atoms with Gasteiger partial charge in [-0.1, -0.05) is 0 Å². The van der Waals surface area contributed by atoms with Gasteiger partial charge in [-0.2, -0.15) is 0 Å². The van der Waals surface area contributed by atoms with E-state index in [2.05, 4.69) is 11.8 Å². The monoisotopic (exact) mass is 229 g/mol.